The predicted molar refractivity (Wildman–Crippen MR) is 89.9 cm³/mol. The lowest BCUT2D eigenvalue weighted by Crippen LogP contribution is -2.30. The van der Waals surface area contributed by atoms with Crippen LogP contribution in [0.25, 0.3) is 0 Å². The maximum absolute atomic E-state index is 5.99. The molecule has 22 heavy (non-hydrogen) atoms. The van der Waals surface area contributed by atoms with Gasteiger partial charge in [-0.3, -0.25) is 0 Å². The third-order valence-corrected chi connectivity index (χ3v) is 3.38. The maximum Gasteiger partial charge on any atom is 0.134 e. The molecule has 0 radical (unpaired) electrons. The van der Waals surface area contributed by atoms with Crippen molar-refractivity contribution in [1.82, 2.24) is 19.9 Å². The fraction of sp³-hybridized carbons (Fsp3) is 0.429. The van der Waals surface area contributed by atoms with Crippen molar-refractivity contribution in [2.75, 3.05) is 29.9 Å². The van der Waals surface area contributed by atoms with Gasteiger partial charge in [-0.25, -0.2) is 19.9 Å². The van der Waals surface area contributed by atoms with Gasteiger partial charge < -0.3 is 10.2 Å². The van der Waals surface area contributed by atoms with Gasteiger partial charge in [-0.15, -0.1) is 0 Å². The molecule has 0 aromatic carbocycles. The maximum atomic E-state index is 5.99. The van der Waals surface area contributed by atoms with E-state index in [0.717, 1.165) is 18.9 Å². The van der Waals surface area contributed by atoms with Crippen LogP contribution in [0.5, 0.6) is 0 Å². The molecule has 2 heterocycles. The van der Waals surface area contributed by atoms with Gasteiger partial charge in [0, 0.05) is 31.8 Å². The zero-order chi connectivity index (χ0) is 16.1. The fourth-order valence-electron chi connectivity index (χ4n) is 2.05. The molecule has 0 spiro atoms. The van der Waals surface area contributed by atoms with Crippen molar-refractivity contribution in [1.29, 1.82) is 0 Å². The molecule has 0 bridgehead atoms. The molecule has 8 heteroatoms. The van der Waals surface area contributed by atoms with Gasteiger partial charge in [-0.2, -0.15) is 0 Å². The summed E-state index contributed by atoms with van der Waals surface area (Å²) in [6.07, 6.45) is 0. The Bertz CT molecular complexity index is 609. The minimum absolute atomic E-state index is 0.431. The van der Waals surface area contributed by atoms with Crippen molar-refractivity contribution < 1.29 is 0 Å². The van der Waals surface area contributed by atoms with Gasteiger partial charge in [-0.05, 0) is 20.8 Å². The van der Waals surface area contributed by atoms with Crippen LogP contribution in [0.4, 0.5) is 11.6 Å². The second-order valence-corrected chi connectivity index (χ2v) is 5.50. The molecule has 0 aliphatic rings. The largest absolute Gasteiger partial charge is 0.368 e. The van der Waals surface area contributed by atoms with Gasteiger partial charge in [0.1, 0.15) is 33.6 Å². The molecule has 2 aromatic heterocycles. The second kappa shape index (κ2) is 7.56. The molecule has 0 aliphatic carbocycles. The van der Waals surface area contributed by atoms with Gasteiger partial charge in [-0.1, -0.05) is 23.2 Å². The summed E-state index contributed by atoms with van der Waals surface area (Å²) in [6.45, 7) is 7.97. The molecule has 1 N–H and O–H groups in total. The van der Waals surface area contributed by atoms with Crippen LogP contribution in [0.15, 0.2) is 12.1 Å². The average Bonchev–Trinajstić information content (AvgIpc) is 2.41. The Morgan fingerprint density at radius 2 is 1.64 bits per heavy atom. The van der Waals surface area contributed by atoms with E-state index < -0.39 is 0 Å². The lowest BCUT2D eigenvalue weighted by atomic mass is 10.4. The summed E-state index contributed by atoms with van der Waals surface area (Å²) >= 11 is 11.9. The first-order valence-electron chi connectivity index (χ1n) is 6.99. The average molecular weight is 341 g/mol. The van der Waals surface area contributed by atoms with Crippen LogP contribution in [-0.2, 0) is 0 Å². The Morgan fingerprint density at radius 3 is 2.23 bits per heavy atom. The van der Waals surface area contributed by atoms with Gasteiger partial charge in [0.15, 0.2) is 0 Å². The first-order chi connectivity index (χ1) is 10.5. The van der Waals surface area contributed by atoms with E-state index in [0.29, 0.717) is 34.3 Å². The summed E-state index contributed by atoms with van der Waals surface area (Å²) in [5.74, 6) is 2.83. The first kappa shape index (κ1) is 16.7. The smallest absolute Gasteiger partial charge is 0.134 e. The number of aromatic nitrogens is 4. The van der Waals surface area contributed by atoms with Crippen molar-refractivity contribution in [3.05, 3.63) is 34.1 Å². The Balaban J connectivity index is 1.99. The van der Waals surface area contributed by atoms with Crippen LogP contribution < -0.4 is 10.2 Å². The molecule has 0 unspecified atom stereocenters. The van der Waals surface area contributed by atoms with E-state index in [-0.39, 0.29) is 0 Å². The highest BCUT2D eigenvalue weighted by Crippen LogP contribution is 2.16. The summed E-state index contributed by atoms with van der Waals surface area (Å²) in [5, 5.41) is 4.12. The molecular weight excluding hydrogens is 323 g/mol. The van der Waals surface area contributed by atoms with E-state index in [2.05, 4.69) is 37.1 Å². The van der Waals surface area contributed by atoms with Gasteiger partial charge in [0.25, 0.3) is 0 Å². The third-order valence-electron chi connectivity index (χ3n) is 2.99. The number of aryl methyl sites for hydroxylation is 2. The number of hydrogen-bond donors (Lipinski definition) is 1. The summed E-state index contributed by atoms with van der Waals surface area (Å²) < 4.78 is 0. The topological polar surface area (TPSA) is 66.8 Å². The predicted octanol–water partition coefficient (Wildman–Crippen LogP) is 3.13. The number of rotatable bonds is 6. The van der Waals surface area contributed by atoms with Crippen LogP contribution in [0.1, 0.15) is 18.6 Å². The monoisotopic (exact) mass is 340 g/mol. The minimum atomic E-state index is 0.431. The molecular formula is C14H18Cl2N6. The number of hydrogen-bond acceptors (Lipinski definition) is 6. The molecule has 0 aliphatic heterocycles. The highest BCUT2D eigenvalue weighted by atomic mass is 35.5. The van der Waals surface area contributed by atoms with Crippen molar-refractivity contribution >= 4 is 34.8 Å². The molecule has 2 aromatic rings. The number of likely N-dealkylation sites (N-methyl/N-ethyl adjacent to an activating group) is 1. The van der Waals surface area contributed by atoms with E-state index in [1.54, 1.807) is 19.1 Å². The standard InChI is InChI=1S/C14H18Cl2N6/c1-4-22(14-8-12(16)19-10(3)21-14)6-5-17-13-7-11(15)18-9(2)20-13/h7-8H,4-6H2,1-3H3,(H,17,18,20). The Morgan fingerprint density at radius 1 is 1.00 bits per heavy atom. The van der Waals surface area contributed by atoms with Crippen LogP contribution in [0.3, 0.4) is 0 Å². The second-order valence-electron chi connectivity index (χ2n) is 4.73. The number of halogens is 2. The van der Waals surface area contributed by atoms with E-state index in [1.165, 1.54) is 0 Å². The quantitative estimate of drug-likeness (QED) is 0.815. The van der Waals surface area contributed by atoms with Gasteiger partial charge in [0.05, 0.1) is 0 Å². The SMILES string of the molecule is CCN(CCNc1cc(Cl)nc(C)n1)c1cc(Cl)nc(C)n1. The van der Waals surface area contributed by atoms with Crippen molar-refractivity contribution in [3.8, 4) is 0 Å². The van der Waals surface area contributed by atoms with Crippen LogP contribution in [0.2, 0.25) is 10.3 Å². The molecule has 0 saturated heterocycles. The molecule has 0 atom stereocenters. The zero-order valence-electron chi connectivity index (χ0n) is 12.8. The zero-order valence-corrected chi connectivity index (χ0v) is 14.3. The van der Waals surface area contributed by atoms with Crippen molar-refractivity contribution in [2.24, 2.45) is 0 Å². The molecule has 6 nitrogen and oxygen atoms in total. The van der Waals surface area contributed by atoms with E-state index in [4.69, 9.17) is 23.2 Å². The third kappa shape index (κ3) is 4.68. The molecule has 2 rings (SSSR count). The first-order valence-corrected chi connectivity index (χ1v) is 7.74. The number of nitrogens with zero attached hydrogens (tertiary/aromatic N) is 5. The minimum Gasteiger partial charge on any atom is -0.368 e. The Kier molecular flexibility index (Phi) is 5.74. The fourth-order valence-corrected chi connectivity index (χ4v) is 2.50. The Hall–Kier alpha value is -1.66. The van der Waals surface area contributed by atoms with E-state index in [9.17, 15) is 0 Å². The molecule has 118 valence electrons. The lowest BCUT2D eigenvalue weighted by molar-refractivity contribution is 0.807. The number of anilines is 2. The van der Waals surface area contributed by atoms with Crippen molar-refractivity contribution in [3.63, 3.8) is 0 Å². The summed E-state index contributed by atoms with van der Waals surface area (Å²) in [5.41, 5.74) is 0. The summed E-state index contributed by atoms with van der Waals surface area (Å²) in [6, 6.07) is 3.47. The van der Waals surface area contributed by atoms with E-state index >= 15 is 0 Å². The van der Waals surface area contributed by atoms with Gasteiger partial charge >= 0.3 is 0 Å². The van der Waals surface area contributed by atoms with Crippen molar-refractivity contribution in [2.45, 2.75) is 20.8 Å². The molecule has 0 saturated carbocycles. The summed E-state index contributed by atoms with van der Waals surface area (Å²) in [7, 11) is 0. The van der Waals surface area contributed by atoms with Gasteiger partial charge in [0.2, 0.25) is 0 Å². The molecule has 0 fully saturated rings. The highest BCUT2D eigenvalue weighted by molar-refractivity contribution is 6.29. The van der Waals surface area contributed by atoms with Crippen LogP contribution >= 0.6 is 23.2 Å². The normalized spacial score (nSPS) is 10.6. The van der Waals surface area contributed by atoms with Crippen LogP contribution in [0, 0.1) is 13.8 Å². The molecule has 0 amide bonds. The number of nitrogens with one attached hydrogen (secondary N) is 1. The summed E-state index contributed by atoms with van der Waals surface area (Å²) in [4.78, 5) is 18.9. The van der Waals surface area contributed by atoms with E-state index in [1.807, 2.05) is 6.92 Å². The highest BCUT2D eigenvalue weighted by Gasteiger charge is 2.08. The lowest BCUT2D eigenvalue weighted by Gasteiger charge is -2.22. The Labute approximate surface area is 139 Å². The van der Waals surface area contributed by atoms with Crippen LogP contribution in [-0.4, -0.2) is 39.6 Å².